The van der Waals surface area contributed by atoms with Gasteiger partial charge >= 0.3 is 5.63 Å². The number of anilines is 1. The lowest BCUT2D eigenvalue weighted by Gasteiger charge is -2.21. The van der Waals surface area contributed by atoms with Crippen molar-refractivity contribution >= 4 is 23.6 Å². The minimum absolute atomic E-state index is 0.0384. The molecule has 4 N–H and O–H groups in total. The van der Waals surface area contributed by atoms with Crippen LogP contribution in [0.15, 0.2) is 62.2 Å². The third-order valence-corrected chi connectivity index (χ3v) is 5.58. The molecule has 0 aliphatic carbocycles. The Balaban J connectivity index is 1.87. The molecule has 1 aliphatic heterocycles. The van der Waals surface area contributed by atoms with Gasteiger partial charge in [-0.3, -0.25) is 4.79 Å². The summed E-state index contributed by atoms with van der Waals surface area (Å²) in [6.07, 6.45) is 1.59. The van der Waals surface area contributed by atoms with Gasteiger partial charge in [0.1, 0.15) is 22.5 Å². The van der Waals surface area contributed by atoms with E-state index < -0.39 is 17.5 Å². The zero-order valence-electron chi connectivity index (χ0n) is 18.3. The van der Waals surface area contributed by atoms with Crippen LogP contribution in [0.25, 0.3) is 17.5 Å². The molecule has 1 aliphatic rings. The van der Waals surface area contributed by atoms with Gasteiger partial charge in [-0.1, -0.05) is 24.3 Å². The van der Waals surface area contributed by atoms with E-state index in [1.54, 1.807) is 61.7 Å². The lowest BCUT2D eigenvalue weighted by molar-refractivity contribution is -0.113. The summed E-state index contributed by atoms with van der Waals surface area (Å²) in [5.41, 5.74) is 12.6. The maximum Gasteiger partial charge on any atom is 0.362 e. The van der Waals surface area contributed by atoms with Crippen LogP contribution in [-0.4, -0.2) is 29.7 Å². The first-order chi connectivity index (χ1) is 16.4. The molecule has 2 aromatic carbocycles. The summed E-state index contributed by atoms with van der Waals surface area (Å²) in [6.45, 7) is 0. The lowest BCUT2D eigenvalue weighted by atomic mass is 9.86. The van der Waals surface area contributed by atoms with Crippen molar-refractivity contribution in [3.63, 3.8) is 0 Å². The van der Waals surface area contributed by atoms with E-state index in [-0.39, 0.29) is 28.4 Å². The van der Waals surface area contributed by atoms with Gasteiger partial charge in [0.05, 0.1) is 25.7 Å². The molecule has 1 atom stereocenters. The predicted octanol–water partition coefficient (Wildman–Crippen LogP) is 0.628. The Morgan fingerprint density at radius 1 is 1.09 bits per heavy atom. The van der Waals surface area contributed by atoms with Gasteiger partial charge < -0.3 is 29.8 Å². The van der Waals surface area contributed by atoms with Crippen molar-refractivity contribution in [2.24, 2.45) is 5.73 Å². The van der Waals surface area contributed by atoms with Crippen molar-refractivity contribution in [3.8, 4) is 17.4 Å². The fourth-order valence-electron chi connectivity index (χ4n) is 4.12. The number of nitrogens with zero attached hydrogens (tertiary/aromatic N) is 2. The number of fused-ring (bicyclic) bond motifs is 3. The van der Waals surface area contributed by atoms with Crippen molar-refractivity contribution in [2.75, 3.05) is 20.0 Å². The number of methoxy groups -OCH3 is 2. The van der Waals surface area contributed by atoms with Crippen molar-refractivity contribution in [1.82, 2.24) is 9.55 Å². The summed E-state index contributed by atoms with van der Waals surface area (Å²) in [5.74, 6) is -0.246. The number of amides is 1. The Morgan fingerprint density at radius 3 is 2.50 bits per heavy atom. The second kappa shape index (κ2) is 8.00. The molecule has 0 saturated heterocycles. The van der Waals surface area contributed by atoms with Gasteiger partial charge in [-0.15, -0.1) is 0 Å². The Morgan fingerprint density at radius 2 is 1.79 bits per heavy atom. The van der Waals surface area contributed by atoms with E-state index in [4.69, 9.17) is 29.8 Å². The number of hydrogen-bond acceptors (Lipinski definition) is 8. The van der Waals surface area contributed by atoms with E-state index in [2.05, 4.69) is 4.98 Å². The van der Waals surface area contributed by atoms with Gasteiger partial charge in [0.2, 0.25) is 11.4 Å². The molecule has 34 heavy (non-hydrogen) atoms. The Kier molecular flexibility index (Phi) is 4.97. The van der Waals surface area contributed by atoms with Crippen LogP contribution in [0.4, 0.5) is 6.01 Å². The monoisotopic (exact) mass is 460 g/mol. The number of hydrogen-bond donors (Lipinski definition) is 2. The highest BCUT2D eigenvalue weighted by Gasteiger charge is 2.38. The highest BCUT2D eigenvalue weighted by atomic mass is 16.5. The molecule has 5 rings (SSSR count). The molecule has 1 amide bonds. The van der Waals surface area contributed by atoms with E-state index in [1.165, 1.54) is 11.7 Å². The number of carbonyl (C=O) groups excluding carboxylic acids is 1. The first-order valence-corrected chi connectivity index (χ1v) is 10.2. The van der Waals surface area contributed by atoms with Crippen molar-refractivity contribution in [2.45, 2.75) is 5.92 Å². The summed E-state index contributed by atoms with van der Waals surface area (Å²) in [4.78, 5) is 30.0. The molecule has 0 radical (unpaired) electrons. The largest absolute Gasteiger partial charge is 0.497 e. The highest BCUT2D eigenvalue weighted by molar-refractivity contribution is 6.15. The van der Waals surface area contributed by atoms with E-state index in [0.717, 1.165) is 0 Å². The first-order valence-electron chi connectivity index (χ1n) is 10.2. The molecule has 0 fully saturated rings. The van der Waals surface area contributed by atoms with Crippen LogP contribution in [-0.2, 0) is 4.79 Å². The summed E-state index contributed by atoms with van der Waals surface area (Å²) in [6, 6.07) is 14.0. The number of nitrogens with two attached hydrogens (primary N) is 2. The highest BCUT2D eigenvalue weighted by Crippen LogP contribution is 2.38. The maximum absolute atomic E-state index is 13.0. The number of oxazole rings is 2. The molecular formula is C24H20N4O6. The fourth-order valence-corrected chi connectivity index (χ4v) is 4.12. The van der Waals surface area contributed by atoms with E-state index in [0.29, 0.717) is 28.3 Å². The van der Waals surface area contributed by atoms with Crippen LogP contribution in [0.1, 0.15) is 22.7 Å². The topological polar surface area (TPSA) is 149 Å². The van der Waals surface area contributed by atoms with Crippen molar-refractivity contribution in [3.05, 3.63) is 86.7 Å². The quantitative estimate of drug-likeness (QED) is 0.440. The average Bonchev–Trinajstić information content (AvgIpc) is 3.37. The molecule has 0 spiro atoms. The number of carbonyl (C=O) groups is 1. The molecule has 0 unspecified atom stereocenters. The standard InChI is InChI=1S/C24H20N4O6/c1-31-14-7-3-5-12(9-14)10-16-23(30)33-21-18(20(25)29)17(13-6-4-8-15(11-13)32-2)19-22(28(16)21)34-24(26)27-19/h3-11,17H,1-2H3,(H2,25,29)(H2,26,27)/b16-10-/t17-/m0/s1. The number of nitrogen functional groups attached to an aromatic ring is 1. The number of benzene rings is 2. The van der Waals surface area contributed by atoms with Crippen LogP contribution >= 0.6 is 0 Å². The minimum atomic E-state index is -0.793. The van der Waals surface area contributed by atoms with Gasteiger partial charge in [-0.25, -0.2) is 9.36 Å². The summed E-state index contributed by atoms with van der Waals surface area (Å²) >= 11 is 0. The molecule has 3 heterocycles. The van der Waals surface area contributed by atoms with Crippen LogP contribution < -0.4 is 37.5 Å². The lowest BCUT2D eigenvalue weighted by Crippen LogP contribution is -2.38. The molecule has 10 nitrogen and oxygen atoms in total. The Bertz CT molecular complexity index is 1610. The van der Waals surface area contributed by atoms with Gasteiger partial charge in [0.25, 0.3) is 11.9 Å². The summed E-state index contributed by atoms with van der Waals surface area (Å²) in [5, 5.41) is 0.100. The smallest absolute Gasteiger partial charge is 0.362 e. The SMILES string of the molecule is COc1cccc(/C=c2/c(=O)oc3n2-c2oc(N)nc2[C@@H](c2cccc(OC)c2)C=3C(N)=O)c1. The number of aromatic nitrogens is 2. The molecule has 4 aromatic rings. The summed E-state index contributed by atoms with van der Waals surface area (Å²) < 4.78 is 23.2. The number of primary amides is 1. The van der Waals surface area contributed by atoms with Gasteiger partial charge in [0, 0.05) is 0 Å². The molecule has 172 valence electrons. The third-order valence-electron chi connectivity index (χ3n) is 5.58. The van der Waals surface area contributed by atoms with Crippen LogP contribution in [0.2, 0.25) is 0 Å². The molecule has 10 heteroatoms. The zero-order chi connectivity index (χ0) is 24.0. The third kappa shape index (κ3) is 3.32. The van der Waals surface area contributed by atoms with Crippen LogP contribution in [0.3, 0.4) is 0 Å². The van der Waals surface area contributed by atoms with Crippen LogP contribution in [0.5, 0.6) is 11.5 Å². The average molecular weight is 460 g/mol. The minimum Gasteiger partial charge on any atom is -0.497 e. The van der Waals surface area contributed by atoms with Crippen molar-refractivity contribution in [1.29, 1.82) is 0 Å². The molecule has 0 bridgehead atoms. The van der Waals surface area contributed by atoms with Gasteiger partial charge in [-0.05, 0) is 41.5 Å². The Labute approximate surface area is 192 Å². The predicted molar refractivity (Wildman–Crippen MR) is 122 cm³/mol. The fraction of sp³-hybridized carbons (Fsp3) is 0.125. The molecule has 2 aromatic heterocycles. The zero-order valence-corrected chi connectivity index (χ0v) is 18.3. The number of ether oxygens (including phenoxy) is 2. The number of rotatable bonds is 5. The second-order valence-electron chi connectivity index (χ2n) is 7.57. The second-order valence-corrected chi connectivity index (χ2v) is 7.57. The Hall–Kier alpha value is -4.73. The van der Waals surface area contributed by atoms with Gasteiger partial charge in [0.15, 0.2) is 0 Å². The molecule has 0 saturated carbocycles. The molecular weight excluding hydrogens is 440 g/mol. The van der Waals surface area contributed by atoms with Crippen LogP contribution in [0, 0.1) is 0 Å². The normalized spacial score (nSPS) is 15.1. The first kappa shape index (κ1) is 21.1. The van der Waals surface area contributed by atoms with E-state index in [1.807, 2.05) is 0 Å². The summed E-state index contributed by atoms with van der Waals surface area (Å²) in [7, 11) is 3.08. The maximum atomic E-state index is 13.0. The van der Waals surface area contributed by atoms with Gasteiger partial charge in [-0.2, -0.15) is 4.98 Å². The van der Waals surface area contributed by atoms with Crippen molar-refractivity contribution < 1.29 is 23.1 Å². The van der Waals surface area contributed by atoms with E-state index >= 15 is 0 Å². The van der Waals surface area contributed by atoms with E-state index in [9.17, 15) is 9.59 Å².